The van der Waals surface area contributed by atoms with E-state index in [0.717, 1.165) is 17.5 Å². The molecule has 0 radical (unpaired) electrons. The third-order valence-corrected chi connectivity index (χ3v) is 7.62. The first-order valence-electron chi connectivity index (χ1n) is 10.7. The number of piperidine rings is 1. The number of carbonyl (C=O) groups is 1. The fraction of sp³-hybridized carbons (Fsp3) is 0.458. The van der Waals surface area contributed by atoms with Gasteiger partial charge in [-0.2, -0.15) is 4.31 Å². The monoisotopic (exact) mass is 428 g/mol. The molecule has 5 nitrogen and oxygen atoms in total. The number of aryl methyl sites for hydroxylation is 1. The summed E-state index contributed by atoms with van der Waals surface area (Å²) in [5.74, 6) is 0.321. The van der Waals surface area contributed by atoms with Crippen LogP contribution < -0.4 is 5.32 Å². The Balaban J connectivity index is 1.62. The second-order valence-electron chi connectivity index (χ2n) is 8.59. The highest BCUT2D eigenvalue weighted by Crippen LogP contribution is 2.26. The van der Waals surface area contributed by atoms with E-state index in [1.165, 1.54) is 4.31 Å². The molecule has 0 aromatic heterocycles. The lowest BCUT2D eigenvalue weighted by Crippen LogP contribution is -2.43. The highest BCUT2D eigenvalue weighted by Gasteiger charge is 2.32. The normalized spacial score (nSPS) is 17.1. The summed E-state index contributed by atoms with van der Waals surface area (Å²) in [5, 5.41) is 3.22. The predicted octanol–water partition coefficient (Wildman–Crippen LogP) is 4.30. The Hall–Kier alpha value is -2.18. The van der Waals surface area contributed by atoms with Crippen LogP contribution in [-0.2, 0) is 14.8 Å². The summed E-state index contributed by atoms with van der Waals surface area (Å²) in [6.45, 7) is 6.97. The molecule has 2 aromatic carbocycles. The largest absolute Gasteiger partial charge is 0.349 e. The van der Waals surface area contributed by atoms with Crippen LogP contribution in [0.4, 0.5) is 0 Å². The van der Waals surface area contributed by atoms with Crippen LogP contribution in [0, 0.1) is 18.8 Å². The summed E-state index contributed by atoms with van der Waals surface area (Å²) in [6, 6.07) is 17.0. The third-order valence-electron chi connectivity index (χ3n) is 5.71. The molecule has 1 atom stereocenters. The molecule has 1 amide bonds. The van der Waals surface area contributed by atoms with Gasteiger partial charge in [0.25, 0.3) is 0 Å². The van der Waals surface area contributed by atoms with E-state index in [2.05, 4.69) is 19.2 Å². The molecule has 0 bridgehead atoms. The molecule has 0 saturated carbocycles. The molecule has 0 aliphatic carbocycles. The Labute approximate surface area is 180 Å². The van der Waals surface area contributed by atoms with Crippen molar-refractivity contribution in [2.75, 3.05) is 13.1 Å². The molecule has 1 N–H and O–H groups in total. The molecule has 3 rings (SSSR count). The van der Waals surface area contributed by atoms with Crippen molar-refractivity contribution < 1.29 is 13.2 Å². The van der Waals surface area contributed by atoms with E-state index in [0.29, 0.717) is 36.7 Å². The van der Waals surface area contributed by atoms with Crippen molar-refractivity contribution in [1.82, 2.24) is 9.62 Å². The van der Waals surface area contributed by atoms with Gasteiger partial charge < -0.3 is 5.32 Å². The SMILES string of the molecule is Cc1ccc(S(=O)(=O)N2CCC(C(=O)NC(CC(C)C)c3ccccc3)CC2)cc1. The zero-order valence-electron chi connectivity index (χ0n) is 18.0. The Bertz CT molecular complexity index is 932. The minimum Gasteiger partial charge on any atom is -0.349 e. The van der Waals surface area contributed by atoms with Crippen LogP contribution in [0.25, 0.3) is 0 Å². The number of hydrogen-bond donors (Lipinski definition) is 1. The summed E-state index contributed by atoms with van der Waals surface area (Å²) in [5.41, 5.74) is 2.14. The van der Waals surface area contributed by atoms with Gasteiger partial charge in [-0.25, -0.2) is 8.42 Å². The Morgan fingerprint density at radius 2 is 1.63 bits per heavy atom. The van der Waals surface area contributed by atoms with E-state index < -0.39 is 10.0 Å². The Kier molecular flexibility index (Phi) is 7.32. The number of amides is 1. The summed E-state index contributed by atoms with van der Waals surface area (Å²) < 4.78 is 27.3. The third kappa shape index (κ3) is 5.49. The van der Waals surface area contributed by atoms with Gasteiger partial charge in [-0.15, -0.1) is 0 Å². The summed E-state index contributed by atoms with van der Waals surface area (Å²) in [4.78, 5) is 13.3. The highest BCUT2D eigenvalue weighted by molar-refractivity contribution is 7.89. The van der Waals surface area contributed by atoms with Crippen LogP contribution >= 0.6 is 0 Å². The maximum absolute atomic E-state index is 12.9. The maximum atomic E-state index is 12.9. The lowest BCUT2D eigenvalue weighted by Gasteiger charge is -2.32. The van der Waals surface area contributed by atoms with Crippen molar-refractivity contribution in [1.29, 1.82) is 0 Å². The molecule has 1 aliphatic rings. The molecular weight excluding hydrogens is 396 g/mol. The standard InChI is InChI=1S/C24H32N2O3S/c1-18(2)17-23(20-7-5-4-6-8-20)25-24(27)21-13-15-26(16-14-21)30(28,29)22-11-9-19(3)10-12-22/h4-12,18,21,23H,13-17H2,1-3H3,(H,25,27). The second kappa shape index (κ2) is 9.75. The quantitative estimate of drug-likeness (QED) is 0.715. The summed E-state index contributed by atoms with van der Waals surface area (Å²) in [6.07, 6.45) is 1.95. The second-order valence-corrected chi connectivity index (χ2v) is 10.5. The molecule has 1 saturated heterocycles. The average Bonchev–Trinajstić information content (AvgIpc) is 2.74. The zero-order chi connectivity index (χ0) is 21.7. The molecule has 6 heteroatoms. The van der Waals surface area contributed by atoms with E-state index >= 15 is 0 Å². The fourth-order valence-electron chi connectivity index (χ4n) is 3.94. The molecule has 1 fully saturated rings. The molecule has 2 aromatic rings. The van der Waals surface area contributed by atoms with Gasteiger partial charge in [-0.1, -0.05) is 61.9 Å². The van der Waals surface area contributed by atoms with Gasteiger partial charge >= 0.3 is 0 Å². The predicted molar refractivity (Wildman–Crippen MR) is 119 cm³/mol. The number of benzene rings is 2. The minimum atomic E-state index is -3.51. The molecule has 1 heterocycles. The minimum absolute atomic E-state index is 0.0204. The summed E-state index contributed by atoms with van der Waals surface area (Å²) >= 11 is 0. The molecule has 1 unspecified atom stereocenters. The first-order valence-corrected chi connectivity index (χ1v) is 12.1. The van der Waals surface area contributed by atoms with E-state index in [9.17, 15) is 13.2 Å². The van der Waals surface area contributed by atoms with E-state index in [1.54, 1.807) is 12.1 Å². The lowest BCUT2D eigenvalue weighted by atomic mass is 9.93. The number of rotatable bonds is 7. The molecular formula is C24H32N2O3S. The van der Waals surface area contributed by atoms with Crippen molar-refractivity contribution >= 4 is 15.9 Å². The van der Waals surface area contributed by atoms with Crippen LogP contribution in [0.3, 0.4) is 0 Å². The van der Waals surface area contributed by atoms with Crippen LogP contribution in [0.5, 0.6) is 0 Å². The smallest absolute Gasteiger partial charge is 0.243 e. The topological polar surface area (TPSA) is 66.5 Å². The number of nitrogens with zero attached hydrogens (tertiary/aromatic N) is 1. The molecule has 30 heavy (non-hydrogen) atoms. The van der Waals surface area contributed by atoms with Crippen molar-refractivity contribution in [3.05, 3.63) is 65.7 Å². The lowest BCUT2D eigenvalue weighted by molar-refractivity contribution is -0.127. The van der Waals surface area contributed by atoms with Crippen LogP contribution in [0.2, 0.25) is 0 Å². The number of sulfonamides is 1. The number of nitrogens with one attached hydrogen (secondary N) is 1. The maximum Gasteiger partial charge on any atom is 0.243 e. The molecule has 1 aliphatic heterocycles. The Morgan fingerprint density at radius 1 is 1.03 bits per heavy atom. The Morgan fingerprint density at radius 3 is 2.20 bits per heavy atom. The number of hydrogen-bond acceptors (Lipinski definition) is 3. The number of carbonyl (C=O) groups excluding carboxylic acids is 1. The van der Waals surface area contributed by atoms with Crippen LogP contribution in [0.15, 0.2) is 59.5 Å². The highest BCUT2D eigenvalue weighted by atomic mass is 32.2. The van der Waals surface area contributed by atoms with Gasteiger partial charge in [-0.3, -0.25) is 4.79 Å². The van der Waals surface area contributed by atoms with Crippen molar-refractivity contribution in [3.63, 3.8) is 0 Å². The van der Waals surface area contributed by atoms with E-state index in [4.69, 9.17) is 0 Å². The van der Waals surface area contributed by atoms with Gasteiger partial charge in [0.05, 0.1) is 10.9 Å². The van der Waals surface area contributed by atoms with Crippen molar-refractivity contribution in [3.8, 4) is 0 Å². The first kappa shape index (κ1) is 22.5. The van der Waals surface area contributed by atoms with Gasteiger partial charge in [0, 0.05) is 19.0 Å². The van der Waals surface area contributed by atoms with Crippen molar-refractivity contribution in [2.45, 2.75) is 51.0 Å². The van der Waals surface area contributed by atoms with Crippen LogP contribution in [0.1, 0.15) is 50.3 Å². The van der Waals surface area contributed by atoms with Gasteiger partial charge in [-0.05, 0) is 49.8 Å². The molecule has 0 spiro atoms. The molecule has 162 valence electrons. The zero-order valence-corrected chi connectivity index (χ0v) is 18.9. The van der Waals surface area contributed by atoms with E-state index in [-0.39, 0.29) is 17.9 Å². The van der Waals surface area contributed by atoms with Crippen LogP contribution in [-0.4, -0.2) is 31.7 Å². The fourth-order valence-corrected chi connectivity index (χ4v) is 5.41. The van der Waals surface area contributed by atoms with E-state index in [1.807, 2.05) is 49.4 Å². The average molecular weight is 429 g/mol. The van der Waals surface area contributed by atoms with Gasteiger partial charge in [0.15, 0.2) is 0 Å². The van der Waals surface area contributed by atoms with Gasteiger partial charge in [0.1, 0.15) is 0 Å². The summed E-state index contributed by atoms with van der Waals surface area (Å²) in [7, 11) is -3.51. The first-order chi connectivity index (χ1) is 14.3. The van der Waals surface area contributed by atoms with Crippen molar-refractivity contribution in [2.24, 2.45) is 11.8 Å². The van der Waals surface area contributed by atoms with Gasteiger partial charge in [0.2, 0.25) is 15.9 Å².